The number of aryl methyl sites for hydroxylation is 1. The summed E-state index contributed by atoms with van der Waals surface area (Å²) in [6, 6.07) is 25.7. The van der Waals surface area contributed by atoms with Crippen molar-refractivity contribution in [3.63, 3.8) is 0 Å². The van der Waals surface area contributed by atoms with E-state index in [1.165, 1.54) is 22.4 Å². The van der Waals surface area contributed by atoms with E-state index in [-0.39, 0.29) is 0 Å². The van der Waals surface area contributed by atoms with Gasteiger partial charge in [-0.25, -0.2) is 0 Å². The lowest BCUT2D eigenvalue weighted by molar-refractivity contribution is 0.414. The number of hydrogen-bond acceptors (Lipinski definition) is 3. The van der Waals surface area contributed by atoms with Gasteiger partial charge < -0.3 is 9.64 Å². The summed E-state index contributed by atoms with van der Waals surface area (Å²) >= 11 is 0. The van der Waals surface area contributed by atoms with Crippen LogP contribution in [-0.4, -0.2) is 19.9 Å². The molecule has 3 nitrogen and oxygen atoms in total. The maximum absolute atomic E-state index is 5.30. The largest absolute Gasteiger partial charge is 0.497 e. The predicted molar refractivity (Wildman–Crippen MR) is 117 cm³/mol. The molecule has 0 spiro atoms. The lowest BCUT2D eigenvalue weighted by atomic mass is 10.1. The van der Waals surface area contributed by atoms with Gasteiger partial charge in [-0.3, -0.25) is 4.99 Å². The van der Waals surface area contributed by atoms with Gasteiger partial charge in [-0.15, -0.1) is 0 Å². The molecule has 3 heteroatoms. The Hall–Kier alpha value is -3.07. The van der Waals surface area contributed by atoms with Crippen LogP contribution in [0.4, 0.5) is 11.4 Å². The van der Waals surface area contributed by atoms with Crippen LogP contribution in [0, 0.1) is 0 Å². The number of anilines is 1. The lowest BCUT2D eigenvalue weighted by Crippen LogP contribution is -2.24. The van der Waals surface area contributed by atoms with Gasteiger partial charge in [-0.1, -0.05) is 42.5 Å². The fourth-order valence-electron chi connectivity index (χ4n) is 3.67. The highest BCUT2D eigenvalue weighted by Gasteiger charge is 2.12. The van der Waals surface area contributed by atoms with Gasteiger partial charge in [-0.2, -0.15) is 0 Å². The average Bonchev–Trinajstić information content (AvgIpc) is 3.22. The van der Waals surface area contributed by atoms with E-state index in [0.29, 0.717) is 0 Å². The summed E-state index contributed by atoms with van der Waals surface area (Å²) < 4.78 is 5.30. The fraction of sp³-hybridized carbons (Fsp3) is 0.240. The Morgan fingerprint density at radius 2 is 1.75 bits per heavy atom. The molecular weight excluding hydrogens is 344 g/mol. The Balaban J connectivity index is 1.49. The standard InChI is InChI=1S/C25H26N2O/c1-28-24-12-9-21(10-13-24)19-27(17-5-8-20-6-3-2-4-7-20)23-11-14-25-22(18-23)15-16-26-25/h2-4,6-7,9-14,16,18H,5,8,15,17,19H2,1H3. The van der Waals surface area contributed by atoms with Crippen LogP contribution >= 0.6 is 0 Å². The molecule has 4 rings (SSSR count). The van der Waals surface area contributed by atoms with E-state index in [2.05, 4.69) is 70.6 Å². The van der Waals surface area contributed by atoms with Crippen molar-refractivity contribution in [1.29, 1.82) is 0 Å². The van der Waals surface area contributed by atoms with Gasteiger partial charge in [0.2, 0.25) is 0 Å². The van der Waals surface area contributed by atoms with Crippen molar-refractivity contribution >= 4 is 17.6 Å². The molecule has 0 aromatic heterocycles. The number of benzene rings is 3. The number of nitrogens with zero attached hydrogens (tertiary/aromatic N) is 2. The molecular formula is C25H26N2O. The maximum atomic E-state index is 5.30. The van der Waals surface area contributed by atoms with Gasteiger partial charge in [0.15, 0.2) is 0 Å². The molecule has 0 unspecified atom stereocenters. The van der Waals surface area contributed by atoms with Crippen LogP contribution in [0.3, 0.4) is 0 Å². The summed E-state index contributed by atoms with van der Waals surface area (Å²) in [4.78, 5) is 6.92. The third kappa shape index (κ3) is 4.42. The number of ether oxygens (including phenoxy) is 1. The predicted octanol–water partition coefficient (Wildman–Crippen LogP) is 5.59. The first-order chi connectivity index (χ1) is 13.8. The molecule has 1 aliphatic heterocycles. The van der Waals surface area contributed by atoms with Gasteiger partial charge in [0.05, 0.1) is 12.8 Å². The molecule has 142 valence electrons. The summed E-state index contributed by atoms with van der Waals surface area (Å²) in [6.45, 7) is 1.90. The monoisotopic (exact) mass is 370 g/mol. The first-order valence-electron chi connectivity index (χ1n) is 9.89. The smallest absolute Gasteiger partial charge is 0.118 e. The lowest BCUT2D eigenvalue weighted by Gasteiger charge is -2.26. The van der Waals surface area contributed by atoms with Crippen LogP contribution in [0.5, 0.6) is 5.75 Å². The van der Waals surface area contributed by atoms with Crippen LogP contribution in [-0.2, 0) is 19.4 Å². The number of methoxy groups -OCH3 is 1. The molecule has 28 heavy (non-hydrogen) atoms. The fourth-order valence-corrected chi connectivity index (χ4v) is 3.67. The van der Waals surface area contributed by atoms with Crippen molar-refractivity contribution in [2.75, 3.05) is 18.6 Å². The van der Waals surface area contributed by atoms with E-state index in [0.717, 1.165) is 43.8 Å². The molecule has 0 amide bonds. The highest BCUT2D eigenvalue weighted by molar-refractivity contribution is 5.77. The molecule has 0 radical (unpaired) electrons. The van der Waals surface area contributed by atoms with Crippen LogP contribution in [0.15, 0.2) is 77.8 Å². The molecule has 0 aliphatic carbocycles. The molecule has 3 aromatic rings. The Kier molecular flexibility index (Phi) is 5.72. The molecule has 0 N–H and O–H groups in total. The van der Waals surface area contributed by atoms with Crippen molar-refractivity contribution in [2.45, 2.75) is 25.8 Å². The molecule has 1 heterocycles. The molecule has 1 aliphatic rings. The zero-order chi connectivity index (χ0) is 19.2. The van der Waals surface area contributed by atoms with Crippen molar-refractivity contribution in [3.05, 3.63) is 89.5 Å². The zero-order valence-corrected chi connectivity index (χ0v) is 16.3. The van der Waals surface area contributed by atoms with Crippen molar-refractivity contribution in [3.8, 4) is 5.75 Å². The topological polar surface area (TPSA) is 24.8 Å². The first-order valence-corrected chi connectivity index (χ1v) is 9.89. The third-order valence-corrected chi connectivity index (χ3v) is 5.24. The summed E-state index contributed by atoms with van der Waals surface area (Å²) in [5.74, 6) is 0.897. The minimum Gasteiger partial charge on any atom is -0.497 e. The second kappa shape index (κ2) is 8.75. The van der Waals surface area contributed by atoms with E-state index in [1.807, 2.05) is 18.3 Å². The number of fused-ring (bicyclic) bond motifs is 1. The highest BCUT2D eigenvalue weighted by Crippen LogP contribution is 2.30. The maximum Gasteiger partial charge on any atom is 0.118 e. The first kappa shape index (κ1) is 18.3. The number of hydrogen-bond donors (Lipinski definition) is 0. The summed E-state index contributed by atoms with van der Waals surface area (Å²) in [7, 11) is 1.71. The second-order valence-electron chi connectivity index (χ2n) is 7.19. The molecule has 0 saturated carbocycles. The quantitative estimate of drug-likeness (QED) is 0.516. The molecule has 0 saturated heterocycles. The van der Waals surface area contributed by atoms with Gasteiger partial charge >= 0.3 is 0 Å². The number of rotatable bonds is 8. The Labute approximate surface area is 167 Å². The molecule has 0 atom stereocenters. The Bertz CT molecular complexity index is 933. The van der Waals surface area contributed by atoms with Gasteiger partial charge in [0.25, 0.3) is 0 Å². The molecule has 0 bridgehead atoms. The van der Waals surface area contributed by atoms with Crippen molar-refractivity contribution < 1.29 is 4.74 Å². The Morgan fingerprint density at radius 1 is 0.929 bits per heavy atom. The van der Waals surface area contributed by atoms with Gasteiger partial charge in [0, 0.05) is 31.4 Å². The van der Waals surface area contributed by atoms with E-state index in [1.54, 1.807) is 7.11 Å². The van der Waals surface area contributed by atoms with Crippen LogP contribution in [0.1, 0.15) is 23.1 Å². The van der Waals surface area contributed by atoms with Crippen molar-refractivity contribution in [2.24, 2.45) is 4.99 Å². The summed E-state index contributed by atoms with van der Waals surface area (Å²) in [6.07, 6.45) is 5.14. The minimum atomic E-state index is 0.887. The van der Waals surface area contributed by atoms with E-state index in [4.69, 9.17) is 4.74 Å². The normalized spacial score (nSPS) is 12.0. The van der Waals surface area contributed by atoms with Crippen LogP contribution < -0.4 is 9.64 Å². The van der Waals surface area contributed by atoms with E-state index in [9.17, 15) is 0 Å². The highest BCUT2D eigenvalue weighted by atomic mass is 16.5. The average molecular weight is 370 g/mol. The molecule has 3 aromatic carbocycles. The Morgan fingerprint density at radius 3 is 2.54 bits per heavy atom. The van der Waals surface area contributed by atoms with Crippen molar-refractivity contribution in [1.82, 2.24) is 0 Å². The van der Waals surface area contributed by atoms with Gasteiger partial charge in [-0.05, 0) is 59.9 Å². The summed E-state index contributed by atoms with van der Waals surface area (Å²) in [5, 5.41) is 0. The molecule has 0 fully saturated rings. The van der Waals surface area contributed by atoms with Crippen LogP contribution in [0.25, 0.3) is 0 Å². The number of aliphatic imine (C=N–C) groups is 1. The SMILES string of the molecule is COc1ccc(CN(CCCc2ccccc2)c2ccc3c(c2)CC=N3)cc1. The second-order valence-corrected chi connectivity index (χ2v) is 7.19. The third-order valence-electron chi connectivity index (χ3n) is 5.24. The van der Waals surface area contributed by atoms with Gasteiger partial charge in [0.1, 0.15) is 5.75 Å². The minimum absolute atomic E-state index is 0.887. The van der Waals surface area contributed by atoms with E-state index >= 15 is 0 Å². The summed E-state index contributed by atoms with van der Waals surface area (Å²) in [5.41, 5.74) is 6.39. The van der Waals surface area contributed by atoms with E-state index < -0.39 is 0 Å². The van der Waals surface area contributed by atoms with Crippen LogP contribution in [0.2, 0.25) is 0 Å². The zero-order valence-electron chi connectivity index (χ0n) is 16.3.